The maximum absolute atomic E-state index is 5.90. The number of nitrogens with two attached hydrogens (primary N) is 1. The Kier molecular flexibility index (Phi) is 14.6. The van der Waals surface area contributed by atoms with Gasteiger partial charge in [0.25, 0.3) is 0 Å². The highest BCUT2D eigenvalue weighted by Crippen LogP contribution is 2.26. The van der Waals surface area contributed by atoms with Gasteiger partial charge in [0.1, 0.15) is 0 Å². The second kappa shape index (κ2) is 14.5. The van der Waals surface area contributed by atoms with E-state index in [4.69, 9.17) is 14.6 Å². The summed E-state index contributed by atoms with van der Waals surface area (Å²) < 4.78 is 11.8. The lowest BCUT2D eigenvalue weighted by molar-refractivity contribution is 0.199. The highest BCUT2D eigenvalue weighted by molar-refractivity contribution is 6.46. The van der Waals surface area contributed by atoms with E-state index in [9.17, 15) is 0 Å². The molecule has 0 spiro atoms. The lowest BCUT2D eigenvalue weighted by Gasteiger charge is -2.24. The molecule has 0 bridgehead atoms. The first-order valence-electron chi connectivity index (χ1n) is 8.23. The average molecular weight is 290 g/mol. The van der Waals surface area contributed by atoms with Crippen molar-refractivity contribution < 1.29 is 8.85 Å². The van der Waals surface area contributed by atoms with Crippen LogP contribution in [0.2, 0.25) is 5.54 Å². The molecule has 0 aromatic rings. The predicted octanol–water partition coefficient (Wildman–Crippen LogP) is 3.75. The van der Waals surface area contributed by atoms with Gasteiger partial charge in [-0.05, 0) is 45.2 Å². The minimum atomic E-state index is -1.49. The van der Waals surface area contributed by atoms with Gasteiger partial charge in [0, 0.05) is 13.2 Å². The van der Waals surface area contributed by atoms with E-state index in [0.717, 1.165) is 26.2 Å². The zero-order valence-corrected chi connectivity index (χ0v) is 14.5. The van der Waals surface area contributed by atoms with Crippen molar-refractivity contribution in [3.05, 3.63) is 0 Å². The fourth-order valence-corrected chi connectivity index (χ4v) is 4.77. The van der Waals surface area contributed by atoms with Gasteiger partial charge in [0.05, 0.1) is 0 Å². The smallest absolute Gasteiger partial charge is 0.324 e. The predicted molar refractivity (Wildman–Crippen MR) is 85.8 cm³/mol. The lowest BCUT2D eigenvalue weighted by atomic mass is 10.1. The summed E-state index contributed by atoms with van der Waals surface area (Å²) in [4.78, 5) is 0. The van der Waals surface area contributed by atoms with E-state index < -0.39 is 9.28 Å². The topological polar surface area (TPSA) is 44.5 Å². The third-order valence-electron chi connectivity index (χ3n) is 3.50. The third-order valence-corrected chi connectivity index (χ3v) is 6.26. The monoisotopic (exact) mass is 289 g/mol. The fraction of sp³-hybridized carbons (Fsp3) is 1.00. The van der Waals surface area contributed by atoms with Gasteiger partial charge >= 0.3 is 9.28 Å². The standard InChI is InChI=1S/C15H35NO2Si/c1-4-7-8-9-10-12-15(13-11-14-16)19(17-5-2)18-6-3/h15,19H,4-14,16H2,1-3H3. The van der Waals surface area contributed by atoms with Crippen LogP contribution in [-0.2, 0) is 8.85 Å². The van der Waals surface area contributed by atoms with Gasteiger partial charge in [-0.25, -0.2) is 0 Å². The van der Waals surface area contributed by atoms with Gasteiger partial charge in [-0.2, -0.15) is 0 Å². The minimum Gasteiger partial charge on any atom is -0.397 e. The zero-order valence-electron chi connectivity index (χ0n) is 13.3. The second-order valence-electron chi connectivity index (χ2n) is 5.17. The van der Waals surface area contributed by atoms with Crippen molar-refractivity contribution in [2.75, 3.05) is 19.8 Å². The van der Waals surface area contributed by atoms with Crippen molar-refractivity contribution >= 4 is 9.28 Å². The Morgan fingerprint density at radius 1 is 0.842 bits per heavy atom. The van der Waals surface area contributed by atoms with Crippen LogP contribution in [0.15, 0.2) is 0 Å². The summed E-state index contributed by atoms with van der Waals surface area (Å²) in [6, 6.07) is 0. The molecule has 0 aliphatic heterocycles. The van der Waals surface area contributed by atoms with E-state index in [1.807, 2.05) is 0 Å². The molecule has 0 amide bonds. The van der Waals surface area contributed by atoms with Crippen LogP contribution in [0.5, 0.6) is 0 Å². The number of hydrogen-bond acceptors (Lipinski definition) is 3. The molecule has 0 aliphatic carbocycles. The lowest BCUT2D eigenvalue weighted by Crippen LogP contribution is -2.29. The third kappa shape index (κ3) is 10.5. The van der Waals surface area contributed by atoms with Crippen LogP contribution in [0.25, 0.3) is 0 Å². The van der Waals surface area contributed by atoms with Crippen LogP contribution >= 0.6 is 0 Å². The molecule has 0 aromatic carbocycles. The van der Waals surface area contributed by atoms with E-state index in [1.165, 1.54) is 44.9 Å². The maximum Gasteiger partial charge on any atom is 0.324 e. The Bertz CT molecular complexity index is 176. The van der Waals surface area contributed by atoms with Gasteiger partial charge < -0.3 is 14.6 Å². The number of hydrogen-bond donors (Lipinski definition) is 1. The van der Waals surface area contributed by atoms with E-state index in [-0.39, 0.29) is 0 Å². The maximum atomic E-state index is 5.90. The summed E-state index contributed by atoms with van der Waals surface area (Å²) in [5.74, 6) is 0. The Morgan fingerprint density at radius 3 is 1.95 bits per heavy atom. The molecule has 0 saturated heterocycles. The summed E-state index contributed by atoms with van der Waals surface area (Å²) in [6.07, 6.45) is 10.3. The summed E-state index contributed by atoms with van der Waals surface area (Å²) in [7, 11) is -1.49. The van der Waals surface area contributed by atoms with Crippen molar-refractivity contribution in [3.63, 3.8) is 0 Å². The number of rotatable bonds is 14. The fourth-order valence-electron chi connectivity index (χ4n) is 2.46. The molecule has 116 valence electrons. The van der Waals surface area contributed by atoms with Crippen LogP contribution in [-0.4, -0.2) is 29.0 Å². The van der Waals surface area contributed by atoms with Crippen molar-refractivity contribution in [2.24, 2.45) is 5.73 Å². The molecule has 0 radical (unpaired) electrons. The summed E-state index contributed by atoms with van der Waals surface area (Å²) >= 11 is 0. The SMILES string of the molecule is CCCCCCCC(CCCN)[SiH](OCC)OCC. The first-order valence-corrected chi connectivity index (χ1v) is 9.84. The molecule has 0 aliphatic rings. The van der Waals surface area contributed by atoms with Crippen LogP contribution in [0.4, 0.5) is 0 Å². The molecule has 2 N–H and O–H groups in total. The molecule has 1 atom stereocenters. The van der Waals surface area contributed by atoms with Crippen LogP contribution in [0.3, 0.4) is 0 Å². The Hall–Kier alpha value is 0.0969. The average Bonchev–Trinajstić information content (AvgIpc) is 2.42. The molecule has 4 heteroatoms. The normalized spacial score (nSPS) is 13.1. The Labute approximate surface area is 122 Å². The van der Waals surface area contributed by atoms with Gasteiger partial charge in [0.15, 0.2) is 0 Å². The van der Waals surface area contributed by atoms with Crippen molar-refractivity contribution in [3.8, 4) is 0 Å². The van der Waals surface area contributed by atoms with Crippen LogP contribution in [0, 0.1) is 0 Å². The van der Waals surface area contributed by atoms with E-state index >= 15 is 0 Å². The quantitative estimate of drug-likeness (QED) is 0.391. The molecule has 0 fully saturated rings. The van der Waals surface area contributed by atoms with E-state index in [0.29, 0.717) is 5.54 Å². The largest absolute Gasteiger partial charge is 0.397 e. The molecule has 0 rings (SSSR count). The van der Waals surface area contributed by atoms with Gasteiger partial charge in [-0.15, -0.1) is 0 Å². The molecule has 1 unspecified atom stereocenters. The zero-order chi connectivity index (χ0) is 14.3. The van der Waals surface area contributed by atoms with Gasteiger partial charge in [0.2, 0.25) is 0 Å². The summed E-state index contributed by atoms with van der Waals surface area (Å²) in [5, 5.41) is 0. The molecular formula is C15H35NO2Si. The van der Waals surface area contributed by atoms with E-state index in [1.54, 1.807) is 0 Å². The molecule has 0 heterocycles. The highest BCUT2D eigenvalue weighted by atomic mass is 28.3. The van der Waals surface area contributed by atoms with E-state index in [2.05, 4.69) is 20.8 Å². The molecule has 19 heavy (non-hydrogen) atoms. The molecule has 3 nitrogen and oxygen atoms in total. The second-order valence-corrected chi connectivity index (χ2v) is 7.52. The number of unbranched alkanes of at least 4 members (excludes halogenated alkanes) is 4. The van der Waals surface area contributed by atoms with Crippen molar-refractivity contribution in [1.29, 1.82) is 0 Å². The first kappa shape index (κ1) is 19.1. The summed E-state index contributed by atoms with van der Waals surface area (Å²) in [5.41, 5.74) is 6.30. The minimum absolute atomic E-state index is 0.644. The Morgan fingerprint density at radius 2 is 1.42 bits per heavy atom. The molecule has 0 aromatic heterocycles. The molecular weight excluding hydrogens is 254 g/mol. The van der Waals surface area contributed by atoms with Crippen molar-refractivity contribution in [1.82, 2.24) is 0 Å². The van der Waals surface area contributed by atoms with Gasteiger partial charge in [-0.3, -0.25) is 0 Å². The van der Waals surface area contributed by atoms with Crippen LogP contribution < -0.4 is 5.73 Å². The highest BCUT2D eigenvalue weighted by Gasteiger charge is 2.24. The molecule has 0 saturated carbocycles. The van der Waals surface area contributed by atoms with Gasteiger partial charge in [-0.1, -0.05) is 39.0 Å². The Balaban J connectivity index is 4.08. The first-order chi connectivity index (χ1) is 9.29. The van der Waals surface area contributed by atoms with Crippen LogP contribution in [0.1, 0.15) is 72.1 Å². The van der Waals surface area contributed by atoms with Crippen molar-refractivity contribution in [2.45, 2.75) is 77.7 Å². The summed E-state index contributed by atoms with van der Waals surface area (Å²) in [6.45, 7) is 8.75.